The standard InChI is InChI=1S/C47H37N4O4P/c52-42-35-25-13-14-26-36(35)43(53)49-41(32-19-7-2-8-20-32)39(40(48(42)49)31-17-5-1-6-18-31)29-30-56-46(33-21-9-3-10-22-33)50-44(54)37-27-15-16-28-38(37)45(55)51(50)47(56)34-23-11-4-12-24-34/h1-28,39-41,46-47H,29-30H2/t39?,40-,41?,46+,47+/m1/s1. The molecule has 5 atom stereocenters. The SMILES string of the molecule is O=c1c2ccccc2c(=O)n2n1C(c1ccccc1)C(CCP1[C@@H](c3ccccc3)n3c(=O)c4ccccc4c(=O)n3[C@@H]1c1ccccc1)[C@H]2c1ccccc1. The maximum absolute atomic E-state index is 14.7. The van der Waals surface area contributed by atoms with E-state index in [1.54, 1.807) is 55.1 Å². The molecule has 56 heavy (non-hydrogen) atoms. The molecule has 2 aromatic heterocycles. The highest BCUT2D eigenvalue weighted by Crippen LogP contribution is 2.66. The minimum absolute atomic E-state index is 0.192. The first-order chi connectivity index (χ1) is 27.5. The number of nitrogens with zero attached hydrogens (tertiary/aromatic N) is 4. The van der Waals surface area contributed by atoms with E-state index >= 15 is 0 Å². The van der Waals surface area contributed by atoms with Crippen LogP contribution in [0.3, 0.4) is 0 Å². The van der Waals surface area contributed by atoms with Gasteiger partial charge >= 0.3 is 0 Å². The average molecular weight is 753 g/mol. The van der Waals surface area contributed by atoms with E-state index in [4.69, 9.17) is 0 Å². The molecule has 0 radical (unpaired) electrons. The fourth-order valence-electron chi connectivity index (χ4n) is 9.38. The fourth-order valence-corrected chi connectivity index (χ4v) is 12.8. The molecule has 4 heterocycles. The minimum atomic E-state index is -1.21. The minimum Gasteiger partial charge on any atom is -0.267 e. The highest BCUT2D eigenvalue weighted by atomic mass is 31.1. The van der Waals surface area contributed by atoms with Crippen LogP contribution < -0.4 is 22.2 Å². The third-order valence-corrected chi connectivity index (χ3v) is 14.8. The smallest absolute Gasteiger partial charge is 0.267 e. The molecule has 8 aromatic rings. The van der Waals surface area contributed by atoms with Crippen LogP contribution in [0.15, 0.2) is 189 Å². The molecule has 2 unspecified atom stereocenters. The molecule has 0 amide bonds. The topological polar surface area (TPSA) is 88.0 Å². The Balaban J connectivity index is 1.20. The number of aromatic nitrogens is 4. The van der Waals surface area contributed by atoms with Crippen molar-refractivity contribution in [1.29, 1.82) is 0 Å². The number of hydrogen-bond acceptors (Lipinski definition) is 4. The maximum Gasteiger partial charge on any atom is 0.274 e. The van der Waals surface area contributed by atoms with Crippen LogP contribution in [0.5, 0.6) is 0 Å². The first kappa shape index (κ1) is 34.1. The Hall–Kier alpha value is -6.37. The van der Waals surface area contributed by atoms with Gasteiger partial charge in [-0.3, -0.25) is 19.2 Å². The van der Waals surface area contributed by atoms with Crippen LogP contribution in [0.25, 0.3) is 21.5 Å². The Morgan fingerprint density at radius 3 is 0.982 bits per heavy atom. The van der Waals surface area contributed by atoms with Crippen molar-refractivity contribution in [3.63, 3.8) is 0 Å². The molecule has 0 N–H and O–H groups in total. The molecule has 2 aliphatic heterocycles. The summed E-state index contributed by atoms with van der Waals surface area (Å²) >= 11 is 0. The first-order valence-corrected chi connectivity index (χ1v) is 20.7. The molecule has 0 fully saturated rings. The van der Waals surface area contributed by atoms with Gasteiger partial charge in [0.1, 0.15) is 11.6 Å². The highest BCUT2D eigenvalue weighted by Gasteiger charge is 2.48. The van der Waals surface area contributed by atoms with E-state index < -0.39 is 31.6 Å². The molecule has 0 spiro atoms. The number of benzene rings is 6. The molecule has 0 bridgehead atoms. The van der Waals surface area contributed by atoms with Gasteiger partial charge in [0.15, 0.2) is 0 Å². The molecule has 274 valence electrons. The summed E-state index contributed by atoms with van der Waals surface area (Å²) in [6, 6.07) is 53.4. The van der Waals surface area contributed by atoms with Crippen LogP contribution in [-0.2, 0) is 0 Å². The van der Waals surface area contributed by atoms with Gasteiger partial charge in [-0.25, -0.2) is 18.7 Å². The molecule has 6 aromatic carbocycles. The highest BCUT2D eigenvalue weighted by molar-refractivity contribution is 7.58. The molecule has 8 nitrogen and oxygen atoms in total. The normalized spacial score (nSPS) is 20.3. The zero-order chi connectivity index (χ0) is 37.9. The summed E-state index contributed by atoms with van der Waals surface area (Å²) in [5, 5.41) is 1.61. The number of rotatable bonds is 7. The summed E-state index contributed by atoms with van der Waals surface area (Å²) in [6.07, 6.45) is 1.26. The largest absolute Gasteiger partial charge is 0.274 e. The van der Waals surface area contributed by atoms with Gasteiger partial charge in [-0.2, -0.15) is 0 Å². The zero-order valence-electron chi connectivity index (χ0n) is 30.3. The van der Waals surface area contributed by atoms with Crippen molar-refractivity contribution in [1.82, 2.24) is 18.7 Å². The molecule has 2 aliphatic rings. The summed E-state index contributed by atoms with van der Waals surface area (Å²) < 4.78 is 6.89. The lowest BCUT2D eigenvalue weighted by atomic mass is 9.83. The number of hydrogen-bond donors (Lipinski definition) is 0. The van der Waals surface area contributed by atoms with Gasteiger partial charge in [-0.1, -0.05) is 146 Å². The molecule has 9 heteroatoms. The second-order valence-corrected chi connectivity index (χ2v) is 17.1. The molecular formula is C47H37N4O4P. The van der Waals surface area contributed by atoms with E-state index in [0.29, 0.717) is 34.1 Å². The summed E-state index contributed by atoms with van der Waals surface area (Å²) in [5.41, 5.74) is 3.04. The van der Waals surface area contributed by atoms with E-state index in [-0.39, 0.29) is 28.2 Å². The Morgan fingerprint density at radius 2 is 0.643 bits per heavy atom. The molecule has 0 aliphatic carbocycles. The molecule has 0 saturated carbocycles. The summed E-state index contributed by atoms with van der Waals surface area (Å²) in [5.74, 6) is -1.03. The number of fused-ring (bicyclic) bond motifs is 4. The van der Waals surface area contributed by atoms with Gasteiger partial charge in [0, 0.05) is 5.92 Å². The van der Waals surface area contributed by atoms with Crippen molar-refractivity contribution in [2.75, 3.05) is 6.16 Å². The van der Waals surface area contributed by atoms with Gasteiger partial charge in [0.05, 0.1) is 33.6 Å². The van der Waals surface area contributed by atoms with E-state index in [1.165, 1.54) is 0 Å². The Morgan fingerprint density at radius 1 is 0.357 bits per heavy atom. The molecule has 0 saturated heterocycles. The lowest BCUT2D eigenvalue weighted by Gasteiger charge is -2.29. The molecule has 10 rings (SSSR count). The first-order valence-electron chi connectivity index (χ1n) is 19.0. The van der Waals surface area contributed by atoms with Crippen LogP contribution in [-0.4, -0.2) is 24.9 Å². The van der Waals surface area contributed by atoms with E-state index in [0.717, 1.165) is 22.3 Å². The van der Waals surface area contributed by atoms with Crippen molar-refractivity contribution in [3.05, 3.63) is 234 Å². The van der Waals surface area contributed by atoms with Crippen molar-refractivity contribution in [2.24, 2.45) is 5.92 Å². The van der Waals surface area contributed by atoms with E-state index in [2.05, 4.69) is 24.3 Å². The maximum atomic E-state index is 14.7. The third-order valence-electron chi connectivity index (χ3n) is 11.7. The second-order valence-electron chi connectivity index (χ2n) is 14.7. The average Bonchev–Trinajstić information content (AvgIpc) is 3.79. The van der Waals surface area contributed by atoms with Gasteiger partial charge in [-0.15, -0.1) is 0 Å². The van der Waals surface area contributed by atoms with Crippen LogP contribution >= 0.6 is 7.92 Å². The van der Waals surface area contributed by atoms with Crippen LogP contribution in [0, 0.1) is 5.92 Å². The molecular weight excluding hydrogens is 716 g/mol. The van der Waals surface area contributed by atoms with Crippen molar-refractivity contribution >= 4 is 29.5 Å². The fraction of sp³-hybridized carbons (Fsp3) is 0.149. The van der Waals surface area contributed by atoms with Gasteiger partial charge < -0.3 is 0 Å². The van der Waals surface area contributed by atoms with Crippen LogP contribution in [0.2, 0.25) is 0 Å². The van der Waals surface area contributed by atoms with Crippen molar-refractivity contribution in [2.45, 2.75) is 30.1 Å². The Labute approximate surface area is 322 Å². The van der Waals surface area contributed by atoms with Crippen LogP contribution in [0.1, 0.15) is 52.3 Å². The predicted molar refractivity (Wildman–Crippen MR) is 223 cm³/mol. The second kappa shape index (κ2) is 13.7. The Bertz CT molecular complexity index is 2590. The summed E-state index contributed by atoms with van der Waals surface area (Å²) in [6.45, 7) is 0. The third kappa shape index (κ3) is 5.24. The van der Waals surface area contributed by atoms with Crippen molar-refractivity contribution < 1.29 is 0 Å². The van der Waals surface area contributed by atoms with Gasteiger partial charge in [0.2, 0.25) is 0 Å². The van der Waals surface area contributed by atoms with Gasteiger partial charge in [-0.05, 0) is 67.0 Å². The summed E-state index contributed by atoms with van der Waals surface area (Å²) in [4.78, 5) is 58.7. The monoisotopic (exact) mass is 752 g/mol. The summed E-state index contributed by atoms with van der Waals surface area (Å²) in [7, 11) is -1.21. The van der Waals surface area contributed by atoms with Crippen LogP contribution in [0.4, 0.5) is 0 Å². The van der Waals surface area contributed by atoms with Gasteiger partial charge in [0.25, 0.3) is 22.2 Å². The quantitative estimate of drug-likeness (QED) is 0.154. The zero-order valence-corrected chi connectivity index (χ0v) is 31.2. The lowest BCUT2D eigenvalue weighted by Crippen LogP contribution is -2.37. The predicted octanol–water partition coefficient (Wildman–Crippen LogP) is 8.13. The lowest BCUT2D eigenvalue weighted by molar-refractivity contribution is 0.389. The van der Waals surface area contributed by atoms with E-state index in [9.17, 15) is 19.2 Å². The van der Waals surface area contributed by atoms with E-state index in [1.807, 2.05) is 109 Å². The Kier molecular flexibility index (Phi) is 8.37. The van der Waals surface area contributed by atoms with Crippen molar-refractivity contribution in [3.8, 4) is 0 Å².